The van der Waals surface area contributed by atoms with Crippen LogP contribution in [-0.4, -0.2) is 37.6 Å². The van der Waals surface area contributed by atoms with Crippen molar-refractivity contribution in [3.05, 3.63) is 28.2 Å². The summed E-state index contributed by atoms with van der Waals surface area (Å²) >= 11 is 11.9. The molecule has 0 radical (unpaired) electrons. The topological polar surface area (TPSA) is 44.4 Å². The average molecular weight is 302 g/mol. The van der Waals surface area contributed by atoms with Gasteiger partial charge in [0.05, 0.1) is 10.7 Å². The van der Waals surface area contributed by atoms with Gasteiger partial charge in [0.2, 0.25) is 0 Å². The number of halogens is 2. The van der Waals surface area contributed by atoms with Crippen molar-refractivity contribution in [1.29, 1.82) is 0 Å². The van der Waals surface area contributed by atoms with Crippen molar-refractivity contribution in [2.24, 2.45) is 5.92 Å². The average Bonchev–Trinajstić information content (AvgIpc) is 2.83. The quantitative estimate of drug-likeness (QED) is 0.901. The molecule has 2 amide bonds. The van der Waals surface area contributed by atoms with Gasteiger partial charge in [-0.2, -0.15) is 0 Å². The second-order valence-electron chi connectivity index (χ2n) is 4.71. The number of nitrogens with zero attached hydrogens (tertiary/aromatic N) is 1. The van der Waals surface area contributed by atoms with E-state index < -0.39 is 0 Å². The number of carbonyl (C=O) groups is 1. The summed E-state index contributed by atoms with van der Waals surface area (Å²) in [4.78, 5) is 13.9. The summed E-state index contributed by atoms with van der Waals surface area (Å²) in [6, 6.07) is 4.90. The predicted octanol–water partition coefficient (Wildman–Crippen LogP) is 3.07. The van der Waals surface area contributed by atoms with Crippen LogP contribution in [0.4, 0.5) is 10.5 Å². The number of likely N-dealkylation sites (tertiary alicyclic amines) is 1. The van der Waals surface area contributed by atoms with E-state index in [4.69, 9.17) is 23.2 Å². The molecular formula is C13H17Cl2N3O. The summed E-state index contributed by atoms with van der Waals surface area (Å²) < 4.78 is 0. The lowest BCUT2D eigenvalue weighted by Gasteiger charge is -2.18. The SMILES string of the molecule is CNCC1CCN(C(=O)Nc2cc(Cl)ccc2Cl)C1. The monoisotopic (exact) mass is 301 g/mol. The number of anilines is 1. The molecule has 4 nitrogen and oxygen atoms in total. The van der Waals surface area contributed by atoms with E-state index >= 15 is 0 Å². The highest BCUT2D eigenvalue weighted by atomic mass is 35.5. The van der Waals surface area contributed by atoms with Gasteiger partial charge in [-0.3, -0.25) is 0 Å². The molecule has 1 aromatic rings. The zero-order valence-corrected chi connectivity index (χ0v) is 12.3. The Labute approximate surface area is 123 Å². The third-order valence-corrected chi connectivity index (χ3v) is 3.80. The lowest BCUT2D eigenvalue weighted by molar-refractivity contribution is 0.221. The highest BCUT2D eigenvalue weighted by Crippen LogP contribution is 2.26. The fraction of sp³-hybridized carbons (Fsp3) is 0.462. The number of carbonyl (C=O) groups excluding carboxylic acids is 1. The number of amides is 2. The van der Waals surface area contributed by atoms with E-state index in [1.54, 1.807) is 23.1 Å². The molecule has 1 unspecified atom stereocenters. The van der Waals surface area contributed by atoms with Gasteiger partial charge in [0, 0.05) is 18.1 Å². The van der Waals surface area contributed by atoms with Gasteiger partial charge in [-0.15, -0.1) is 0 Å². The zero-order chi connectivity index (χ0) is 13.8. The van der Waals surface area contributed by atoms with Gasteiger partial charge >= 0.3 is 6.03 Å². The Morgan fingerprint density at radius 1 is 1.47 bits per heavy atom. The lowest BCUT2D eigenvalue weighted by atomic mass is 10.1. The molecule has 2 rings (SSSR count). The van der Waals surface area contributed by atoms with Gasteiger partial charge in [0.1, 0.15) is 0 Å². The molecule has 1 aliphatic heterocycles. The molecule has 6 heteroatoms. The number of hydrogen-bond acceptors (Lipinski definition) is 2. The van der Waals surface area contributed by atoms with Crippen LogP contribution in [0.1, 0.15) is 6.42 Å². The Hall–Kier alpha value is -0.970. The van der Waals surface area contributed by atoms with E-state index in [9.17, 15) is 4.79 Å². The second kappa shape index (κ2) is 6.46. The first-order valence-electron chi connectivity index (χ1n) is 6.25. The number of urea groups is 1. The molecule has 104 valence electrons. The molecule has 1 heterocycles. The summed E-state index contributed by atoms with van der Waals surface area (Å²) in [5.41, 5.74) is 0.552. The molecule has 1 atom stereocenters. The molecule has 1 aliphatic rings. The first-order valence-corrected chi connectivity index (χ1v) is 7.01. The van der Waals surface area contributed by atoms with Crippen LogP contribution in [0.5, 0.6) is 0 Å². The highest BCUT2D eigenvalue weighted by molar-refractivity contribution is 6.35. The molecule has 1 saturated heterocycles. The Kier molecular flexibility index (Phi) is 4.91. The summed E-state index contributed by atoms with van der Waals surface area (Å²) in [7, 11) is 1.93. The Balaban J connectivity index is 1.96. The summed E-state index contributed by atoms with van der Waals surface area (Å²) in [5, 5.41) is 6.98. The number of hydrogen-bond donors (Lipinski definition) is 2. The third-order valence-electron chi connectivity index (χ3n) is 3.24. The van der Waals surface area contributed by atoms with Crippen molar-refractivity contribution in [1.82, 2.24) is 10.2 Å². The molecule has 1 fully saturated rings. The third kappa shape index (κ3) is 3.75. The molecule has 0 aliphatic carbocycles. The van der Waals surface area contributed by atoms with Gasteiger partial charge in [0.15, 0.2) is 0 Å². The van der Waals surface area contributed by atoms with E-state index in [1.807, 2.05) is 7.05 Å². The van der Waals surface area contributed by atoms with Crippen LogP contribution in [0.2, 0.25) is 10.0 Å². The fourth-order valence-electron chi connectivity index (χ4n) is 2.26. The number of nitrogens with one attached hydrogen (secondary N) is 2. The van der Waals surface area contributed by atoms with Crippen LogP contribution >= 0.6 is 23.2 Å². The van der Waals surface area contributed by atoms with Crippen molar-refractivity contribution in [3.63, 3.8) is 0 Å². The van der Waals surface area contributed by atoms with Gasteiger partial charge in [-0.25, -0.2) is 4.79 Å². The minimum Gasteiger partial charge on any atom is -0.324 e. The van der Waals surface area contributed by atoms with Gasteiger partial charge in [-0.1, -0.05) is 23.2 Å². The second-order valence-corrected chi connectivity index (χ2v) is 5.56. The first kappa shape index (κ1) is 14.4. The van der Waals surface area contributed by atoms with E-state index in [2.05, 4.69) is 10.6 Å². The fourth-order valence-corrected chi connectivity index (χ4v) is 2.60. The standard InChI is InChI=1S/C13H17Cl2N3O/c1-16-7-9-4-5-18(8-9)13(19)17-12-6-10(14)2-3-11(12)15/h2-3,6,9,16H,4-5,7-8H2,1H3,(H,17,19). The Morgan fingerprint density at radius 2 is 2.26 bits per heavy atom. The summed E-state index contributed by atoms with van der Waals surface area (Å²) in [6.45, 7) is 2.48. The van der Waals surface area contributed by atoms with Crippen LogP contribution in [0.25, 0.3) is 0 Å². The van der Waals surface area contributed by atoms with Crippen molar-refractivity contribution < 1.29 is 4.79 Å². The Morgan fingerprint density at radius 3 is 3.00 bits per heavy atom. The zero-order valence-electron chi connectivity index (χ0n) is 10.7. The minimum atomic E-state index is -0.122. The summed E-state index contributed by atoms with van der Waals surface area (Å²) in [5.74, 6) is 0.519. The smallest absolute Gasteiger partial charge is 0.321 e. The maximum atomic E-state index is 12.1. The first-order chi connectivity index (χ1) is 9.10. The molecule has 19 heavy (non-hydrogen) atoms. The van der Waals surface area contributed by atoms with E-state index in [0.29, 0.717) is 21.7 Å². The Bertz CT molecular complexity index is 467. The van der Waals surface area contributed by atoms with Gasteiger partial charge in [-0.05, 0) is 44.1 Å². The molecule has 0 spiro atoms. The highest BCUT2D eigenvalue weighted by Gasteiger charge is 2.25. The minimum absolute atomic E-state index is 0.122. The lowest BCUT2D eigenvalue weighted by Crippen LogP contribution is -2.34. The van der Waals surface area contributed by atoms with Crippen LogP contribution in [0.3, 0.4) is 0 Å². The molecule has 0 bridgehead atoms. The largest absolute Gasteiger partial charge is 0.324 e. The molecular weight excluding hydrogens is 285 g/mol. The molecule has 0 saturated carbocycles. The maximum Gasteiger partial charge on any atom is 0.321 e. The van der Waals surface area contributed by atoms with Gasteiger partial charge < -0.3 is 15.5 Å². The van der Waals surface area contributed by atoms with Crippen LogP contribution < -0.4 is 10.6 Å². The summed E-state index contributed by atoms with van der Waals surface area (Å²) in [6.07, 6.45) is 1.03. The van der Waals surface area contributed by atoms with Crippen LogP contribution in [0, 0.1) is 5.92 Å². The van der Waals surface area contributed by atoms with Crippen molar-refractivity contribution in [2.75, 3.05) is 32.0 Å². The number of benzene rings is 1. The predicted molar refractivity (Wildman–Crippen MR) is 79.1 cm³/mol. The molecule has 2 N–H and O–H groups in total. The maximum absolute atomic E-state index is 12.1. The van der Waals surface area contributed by atoms with Crippen LogP contribution in [-0.2, 0) is 0 Å². The van der Waals surface area contributed by atoms with Crippen molar-refractivity contribution >= 4 is 34.9 Å². The normalized spacial score (nSPS) is 18.7. The van der Waals surface area contributed by atoms with E-state index in [1.165, 1.54) is 0 Å². The van der Waals surface area contributed by atoms with E-state index in [-0.39, 0.29) is 6.03 Å². The molecule has 0 aromatic heterocycles. The van der Waals surface area contributed by atoms with Crippen LogP contribution in [0.15, 0.2) is 18.2 Å². The van der Waals surface area contributed by atoms with Crippen molar-refractivity contribution in [2.45, 2.75) is 6.42 Å². The van der Waals surface area contributed by atoms with Crippen molar-refractivity contribution in [3.8, 4) is 0 Å². The number of rotatable bonds is 3. The van der Waals surface area contributed by atoms with E-state index in [0.717, 1.165) is 26.1 Å². The van der Waals surface area contributed by atoms with Gasteiger partial charge in [0.25, 0.3) is 0 Å². The molecule has 1 aromatic carbocycles.